The van der Waals surface area contributed by atoms with Crippen molar-refractivity contribution in [2.75, 3.05) is 44.8 Å². The first kappa shape index (κ1) is 17.9. The number of aliphatic hydroxyl groups excluding tert-OH is 1. The average Bonchev–Trinajstić information content (AvgIpc) is 2.63. The first-order chi connectivity index (χ1) is 12.1. The number of ether oxygens (including phenoxy) is 1. The molecule has 1 N–H and O–H groups in total. The number of halogens is 1. The third-order valence-corrected chi connectivity index (χ3v) is 4.51. The second kappa shape index (κ2) is 8.43. The molecule has 1 heterocycles. The minimum absolute atomic E-state index is 0.344. The SMILES string of the molecule is CN(Cc1ccc(N2CCOCC2)cc1)CC(O)c1ccccc1F. The van der Waals surface area contributed by atoms with Crippen LogP contribution in [0.2, 0.25) is 0 Å². The van der Waals surface area contributed by atoms with Crippen molar-refractivity contribution in [1.82, 2.24) is 4.90 Å². The number of rotatable bonds is 6. The molecule has 1 aliphatic rings. The van der Waals surface area contributed by atoms with E-state index >= 15 is 0 Å². The zero-order chi connectivity index (χ0) is 17.6. The van der Waals surface area contributed by atoms with Crippen LogP contribution in [0.1, 0.15) is 17.2 Å². The number of hydrogen-bond donors (Lipinski definition) is 1. The van der Waals surface area contributed by atoms with Gasteiger partial charge in [-0.25, -0.2) is 4.39 Å². The van der Waals surface area contributed by atoms with Gasteiger partial charge in [-0.3, -0.25) is 4.90 Å². The van der Waals surface area contributed by atoms with Crippen molar-refractivity contribution >= 4 is 5.69 Å². The number of likely N-dealkylation sites (N-methyl/N-ethyl adjacent to an activating group) is 1. The molecule has 134 valence electrons. The van der Waals surface area contributed by atoms with Crippen molar-refractivity contribution in [2.24, 2.45) is 0 Å². The van der Waals surface area contributed by atoms with Gasteiger partial charge in [-0.1, -0.05) is 30.3 Å². The summed E-state index contributed by atoms with van der Waals surface area (Å²) in [4.78, 5) is 4.32. The Morgan fingerprint density at radius 1 is 1.12 bits per heavy atom. The van der Waals surface area contributed by atoms with Crippen LogP contribution in [0.25, 0.3) is 0 Å². The number of aliphatic hydroxyl groups is 1. The Bertz CT molecular complexity index is 672. The van der Waals surface area contributed by atoms with Gasteiger partial charge in [-0.2, -0.15) is 0 Å². The van der Waals surface area contributed by atoms with Crippen LogP contribution in [-0.4, -0.2) is 49.9 Å². The van der Waals surface area contributed by atoms with E-state index in [4.69, 9.17) is 4.74 Å². The van der Waals surface area contributed by atoms with Crippen LogP contribution in [0.15, 0.2) is 48.5 Å². The summed E-state index contributed by atoms with van der Waals surface area (Å²) in [5.74, 6) is -0.363. The van der Waals surface area contributed by atoms with Crippen molar-refractivity contribution in [3.8, 4) is 0 Å². The van der Waals surface area contributed by atoms with Crippen molar-refractivity contribution in [1.29, 1.82) is 0 Å². The Morgan fingerprint density at radius 2 is 1.80 bits per heavy atom. The van der Waals surface area contributed by atoms with Crippen LogP contribution in [0, 0.1) is 5.82 Å². The molecular formula is C20H25FN2O2. The highest BCUT2D eigenvalue weighted by molar-refractivity contribution is 5.47. The largest absolute Gasteiger partial charge is 0.387 e. The maximum atomic E-state index is 13.7. The second-order valence-corrected chi connectivity index (χ2v) is 6.50. The Balaban J connectivity index is 1.55. The summed E-state index contributed by atoms with van der Waals surface area (Å²) in [6.07, 6.45) is -0.834. The first-order valence-corrected chi connectivity index (χ1v) is 8.66. The Hall–Kier alpha value is -1.95. The summed E-state index contributed by atoms with van der Waals surface area (Å²) in [5.41, 5.74) is 2.72. The van der Waals surface area contributed by atoms with Gasteiger partial charge in [-0.05, 0) is 30.8 Å². The minimum Gasteiger partial charge on any atom is -0.387 e. The van der Waals surface area contributed by atoms with Gasteiger partial charge in [0.15, 0.2) is 0 Å². The zero-order valence-electron chi connectivity index (χ0n) is 14.6. The van der Waals surface area contributed by atoms with Gasteiger partial charge in [0, 0.05) is 37.4 Å². The Kier molecular flexibility index (Phi) is 6.02. The lowest BCUT2D eigenvalue weighted by molar-refractivity contribution is 0.120. The molecule has 3 rings (SSSR count). The number of anilines is 1. The van der Waals surface area contributed by atoms with E-state index < -0.39 is 6.10 Å². The van der Waals surface area contributed by atoms with Gasteiger partial charge >= 0.3 is 0 Å². The summed E-state index contributed by atoms with van der Waals surface area (Å²) >= 11 is 0. The molecule has 4 nitrogen and oxygen atoms in total. The zero-order valence-corrected chi connectivity index (χ0v) is 14.6. The van der Waals surface area contributed by atoms with Crippen LogP contribution in [0.4, 0.5) is 10.1 Å². The maximum absolute atomic E-state index is 13.7. The summed E-state index contributed by atoms with van der Waals surface area (Å²) in [7, 11) is 1.93. The van der Waals surface area contributed by atoms with Gasteiger partial charge in [0.05, 0.1) is 19.3 Å². The van der Waals surface area contributed by atoms with E-state index in [1.165, 1.54) is 17.3 Å². The van der Waals surface area contributed by atoms with Crippen LogP contribution in [-0.2, 0) is 11.3 Å². The second-order valence-electron chi connectivity index (χ2n) is 6.50. The summed E-state index contributed by atoms with van der Waals surface area (Å²) in [6, 6.07) is 14.8. The molecule has 0 aromatic heterocycles. The van der Waals surface area contributed by atoms with Gasteiger partial charge < -0.3 is 14.7 Å². The maximum Gasteiger partial charge on any atom is 0.129 e. The molecule has 2 aromatic carbocycles. The van der Waals surface area contributed by atoms with E-state index in [0.717, 1.165) is 26.3 Å². The fraction of sp³-hybridized carbons (Fsp3) is 0.400. The standard InChI is InChI=1S/C20H25FN2O2/c1-22(15-20(24)18-4-2-3-5-19(18)21)14-16-6-8-17(9-7-16)23-10-12-25-13-11-23/h2-9,20,24H,10-15H2,1H3. The van der Waals surface area contributed by atoms with Crippen molar-refractivity contribution < 1.29 is 14.2 Å². The quantitative estimate of drug-likeness (QED) is 0.874. The lowest BCUT2D eigenvalue weighted by Gasteiger charge is -2.29. The van der Waals surface area contributed by atoms with E-state index in [9.17, 15) is 9.50 Å². The van der Waals surface area contributed by atoms with Crippen LogP contribution < -0.4 is 4.90 Å². The molecule has 0 bridgehead atoms. The number of morpholine rings is 1. The third kappa shape index (κ3) is 4.78. The summed E-state index contributed by atoms with van der Waals surface area (Å²) in [6.45, 7) is 4.49. The van der Waals surface area contributed by atoms with Gasteiger partial charge in [0.25, 0.3) is 0 Å². The molecule has 0 radical (unpaired) electrons. The number of benzene rings is 2. The highest BCUT2D eigenvalue weighted by Gasteiger charge is 2.15. The lowest BCUT2D eigenvalue weighted by atomic mass is 10.1. The van der Waals surface area contributed by atoms with E-state index in [-0.39, 0.29) is 5.82 Å². The van der Waals surface area contributed by atoms with Crippen LogP contribution >= 0.6 is 0 Å². The molecule has 25 heavy (non-hydrogen) atoms. The molecule has 1 saturated heterocycles. The molecule has 2 aromatic rings. The van der Waals surface area contributed by atoms with Crippen molar-refractivity contribution in [2.45, 2.75) is 12.6 Å². The van der Waals surface area contributed by atoms with Crippen LogP contribution in [0.5, 0.6) is 0 Å². The summed E-state index contributed by atoms with van der Waals surface area (Å²) < 4.78 is 19.1. The van der Waals surface area contributed by atoms with Gasteiger partial charge in [0.2, 0.25) is 0 Å². The fourth-order valence-corrected chi connectivity index (χ4v) is 3.15. The Labute approximate surface area is 148 Å². The fourth-order valence-electron chi connectivity index (χ4n) is 3.15. The highest BCUT2D eigenvalue weighted by Crippen LogP contribution is 2.20. The van der Waals surface area contributed by atoms with E-state index in [2.05, 4.69) is 29.2 Å². The molecule has 1 unspecified atom stereocenters. The molecule has 1 aliphatic heterocycles. The molecule has 0 amide bonds. The smallest absolute Gasteiger partial charge is 0.129 e. The molecule has 5 heteroatoms. The molecule has 0 saturated carbocycles. The number of nitrogens with zero attached hydrogens (tertiary/aromatic N) is 2. The molecule has 1 fully saturated rings. The average molecular weight is 344 g/mol. The van der Waals surface area contributed by atoms with Gasteiger partial charge in [0.1, 0.15) is 5.82 Å². The molecular weight excluding hydrogens is 319 g/mol. The normalized spacial score (nSPS) is 16.2. The molecule has 0 spiro atoms. The predicted octanol–water partition coefficient (Wildman–Crippen LogP) is 2.83. The molecule has 1 atom stereocenters. The topological polar surface area (TPSA) is 35.9 Å². The van der Waals surface area contributed by atoms with E-state index in [0.29, 0.717) is 18.7 Å². The molecule has 0 aliphatic carbocycles. The van der Waals surface area contributed by atoms with Gasteiger partial charge in [-0.15, -0.1) is 0 Å². The van der Waals surface area contributed by atoms with Crippen LogP contribution in [0.3, 0.4) is 0 Å². The summed E-state index contributed by atoms with van der Waals surface area (Å²) in [5, 5.41) is 10.3. The first-order valence-electron chi connectivity index (χ1n) is 8.66. The third-order valence-electron chi connectivity index (χ3n) is 4.51. The lowest BCUT2D eigenvalue weighted by Crippen LogP contribution is -2.36. The predicted molar refractivity (Wildman–Crippen MR) is 97.2 cm³/mol. The van der Waals surface area contributed by atoms with E-state index in [1.807, 2.05) is 11.9 Å². The Morgan fingerprint density at radius 3 is 2.48 bits per heavy atom. The number of hydrogen-bond acceptors (Lipinski definition) is 4. The van der Waals surface area contributed by atoms with E-state index in [1.54, 1.807) is 18.2 Å². The van der Waals surface area contributed by atoms with Crippen molar-refractivity contribution in [3.63, 3.8) is 0 Å². The minimum atomic E-state index is -0.834. The highest BCUT2D eigenvalue weighted by atomic mass is 19.1. The monoisotopic (exact) mass is 344 g/mol. The van der Waals surface area contributed by atoms with Crippen molar-refractivity contribution in [3.05, 3.63) is 65.5 Å².